The first-order chi connectivity index (χ1) is 9.06. The molecule has 1 unspecified atom stereocenters. The van der Waals surface area contributed by atoms with Gasteiger partial charge in [-0.1, -0.05) is 12.5 Å². The third kappa shape index (κ3) is 3.73. The van der Waals surface area contributed by atoms with Gasteiger partial charge >= 0.3 is 0 Å². The smallest absolute Gasteiger partial charge is 0.223 e. The van der Waals surface area contributed by atoms with Crippen molar-refractivity contribution >= 4 is 5.91 Å². The van der Waals surface area contributed by atoms with Gasteiger partial charge < -0.3 is 10.4 Å². The monoisotopic (exact) mass is 269 g/mol. The van der Waals surface area contributed by atoms with Crippen LogP contribution in [0.15, 0.2) is 18.2 Å². The van der Waals surface area contributed by atoms with E-state index < -0.39 is 17.7 Å². The van der Waals surface area contributed by atoms with Gasteiger partial charge in [0.2, 0.25) is 5.91 Å². The van der Waals surface area contributed by atoms with Gasteiger partial charge in [0, 0.05) is 24.9 Å². The van der Waals surface area contributed by atoms with Crippen LogP contribution < -0.4 is 5.32 Å². The first-order valence-corrected chi connectivity index (χ1v) is 6.46. The molecule has 3 nitrogen and oxygen atoms in total. The summed E-state index contributed by atoms with van der Waals surface area (Å²) >= 11 is 0. The molecule has 0 spiro atoms. The summed E-state index contributed by atoms with van der Waals surface area (Å²) in [5, 5.41) is 12.4. The molecule has 0 heterocycles. The van der Waals surface area contributed by atoms with E-state index in [0.717, 1.165) is 31.4 Å². The molecule has 1 aromatic carbocycles. The summed E-state index contributed by atoms with van der Waals surface area (Å²) in [6.45, 7) is 0.0894. The van der Waals surface area contributed by atoms with Crippen molar-refractivity contribution in [2.75, 3.05) is 6.54 Å². The summed E-state index contributed by atoms with van der Waals surface area (Å²) in [5.41, 5.74) is 0.242. The molecule has 1 aromatic rings. The maximum atomic E-state index is 13.4. The molecule has 1 aliphatic rings. The van der Waals surface area contributed by atoms with Crippen molar-refractivity contribution in [1.29, 1.82) is 0 Å². The second-order valence-corrected chi connectivity index (χ2v) is 4.97. The van der Waals surface area contributed by atoms with Gasteiger partial charge in [-0.15, -0.1) is 0 Å². The molecule has 5 heteroatoms. The minimum Gasteiger partial charge on any atom is -0.391 e. The highest BCUT2D eigenvalue weighted by Gasteiger charge is 2.25. The summed E-state index contributed by atoms with van der Waals surface area (Å²) in [4.78, 5) is 11.5. The predicted molar refractivity (Wildman–Crippen MR) is 66.4 cm³/mol. The Bertz CT molecular complexity index is 461. The summed E-state index contributed by atoms with van der Waals surface area (Å²) in [7, 11) is 0. The Morgan fingerprint density at radius 2 is 2.16 bits per heavy atom. The van der Waals surface area contributed by atoms with Crippen LogP contribution in [0.2, 0.25) is 0 Å². The van der Waals surface area contributed by atoms with Crippen LogP contribution in [0.3, 0.4) is 0 Å². The molecule has 2 N–H and O–H groups in total. The van der Waals surface area contributed by atoms with E-state index in [4.69, 9.17) is 0 Å². The van der Waals surface area contributed by atoms with Gasteiger partial charge in [-0.25, -0.2) is 8.78 Å². The van der Waals surface area contributed by atoms with Gasteiger partial charge in [-0.3, -0.25) is 4.79 Å². The lowest BCUT2D eigenvalue weighted by atomic mass is 9.85. The van der Waals surface area contributed by atoms with Crippen LogP contribution in [0.5, 0.6) is 0 Å². The first-order valence-electron chi connectivity index (χ1n) is 6.46. The van der Waals surface area contributed by atoms with Crippen molar-refractivity contribution in [3.05, 3.63) is 35.4 Å². The molecule has 2 rings (SSSR count). The number of carbonyl (C=O) groups excluding carboxylic acids is 1. The number of rotatable bonds is 5. The van der Waals surface area contributed by atoms with Gasteiger partial charge in [-0.2, -0.15) is 0 Å². The molecule has 104 valence electrons. The number of amides is 1. The number of benzene rings is 1. The zero-order chi connectivity index (χ0) is 13.8. The molecule has 19 heavy (non-hydrogen) atoms. The van der Waals surface area contributed by atoms with Crippen LogP contribution in [-0.4, -0.2) is 23.7 Å². The third-order valence-corrected chi connectivity index (χ3v) is 3.46. The SMILES string of the molecule is O=C(NCC(O)Cc1ccc(F)cc1F)C1CCC1. The normalized spacial score (nSPS) is 16.8. The molecule has 1 amide bonds. The summed E-state index contributed by atoms with van der Waals surface area (Å²) < 4.78 is 26.1. The Kier molecular flexibility index (Phi) is 4.47. The predicted octanol–water partition coefficient (Wildman–Crippen LogP) is 1.78. The van der Waals surface area contributed by atoms with Crippen molar-refractivity contribution in [2.24, 2.45) is 5.92 Å². The molecule has 1 aliphatic carbocycles. The van der Waals surface area contributed by atoms with Crippen LogP contribution in [0.4, 0.5) is 8.78 Å². The van der Waals surface area contributed by atoms with E-state index in [2.05, 4.69) is 5.32 Å². The highest BCUT2D eigenvalue weighted by molar-refractivity contribution is 5.79. The first kappa shape index (κ1) is 13.9. The maximum Gasteiger partial charge on any atom is 0.223 e. The number of nitrogens with one attached hydrogen (secondary N) is 1. The average Bonchev–Trinajstić information content (AvgIpc) is 2.28. The molecule has 1 saturated carbocycles. The van der Waals surface area contributed by atoms with Crippen LogP contribution in [-0.2, 0) is 11.2 Å². The lowest BCUT2D eigenvalue weighted by Crippen LogP contribution is -2.39. The van der Waals surface area contributed by atoms with E-state index >= 15 is 0 Å². The fourth-order valence-electron chi connectivity index (χ4n) is 2.05. The molecule has 1 fully saturated rings. The third-order valence-electron chi connectivity index (χ3n) is 3.46. The molecular weight excluding hydrogens is 252 g/mol. The lowest BCUT2D eigenvalue weighted by Gasteiger charge is -2.24. The highest BCUT2D eigenvalue weighted by Crippen LogP contribution is 2.26. The van der Waals surface area contributed by atoms with Gasteiger partial charge in [0.1, 0.15) is 11.6 Å². The zero-order valence-corrected chi connectivity index (χ0v) is 10.5. The molecule has 0 aliphatic heterocycles. The highest BCUT2D eigenvalue weighted by atomic mass is 19.1. The number of hydrogen-bond acceptors (Lipinski definition) is 2. The van der Waals surface area contributed by atoms with Gasteiger partial charge in [0.05, 0.1) is 6.10 Å². The Hall–Kier alpha value is -1.49. The fourth-order valence-corrected chi connectivity index (χ4v) is 2.05. The molecule has 0 saturated heterocycles. The van der Waals surface area contributed by atoms with Crippen molar-refractivity contribution in [2.45, 2.75) is 31.8 Å². The van der Waals surface area contributed by atoms with E-state index in [1.165, 1.54) is 6.07 Å². The maximum absolute atomic E-state index is 13.4. The Morgan fingerprint density at radius 1 is 1.42 bits per heavy atom. The number of aliphatic hydroxyl groups excluding tert-OH is 1. The summed E-state index contributed by atoms with van der Waals surface area (Å²) in [6.07, 6.45) is 2.05. The lowest BCUT2D eigenvalue weighted by molar-refractivity contribution is -0.127. The van der Waals surface area contributed by atoms with Crippen LogP contribution in [0.1, 0.15) is 24.8 Å². The van der Waals surface area contributed by atoms with E-state index in [1.807, 2.05) is 0 Å². The molecule has 0 radical (unpaired) electrons. The molecule has 1 atom stereocenters. The minimum atomic E-state index is -0.871. The second-order valence-electron chi connectivity index (χ2n) is 4.97. The molecule has 0 bridgehead atoms. The number of halogens is 2. The second kappa shape index (κ2) is 6.10. The van der Waals surface area contributed by atoms with Crippen molar-refractivity contribution < 1.29 is 18.7 Å². The Balaban J connectivity index is 1.80. The Morgan fingerprint density at radius 3 is 2.74 bits per heavy atom. The number of carbonyl (C=O) groups is 1. The number of aliphatic hydroxyl groups is 1. The van der Waals surface area contributed by atoms with Crippen molar-refractivity contribution in [3.8, 4) is 0 Å². The summed E-state index contributed by atoms with van der Waals surface area (Å²) in [5.74, 6) is -1.31. The van der Waals surface area contributed by atoms with E-state index in [-0.39, 0.29) is 30.4 Å². The van der Waals surface area contributed by atoms with E-state index in [9.17, 15) is 18.7 Å². The van der Waals surface area contributed by atoms with Crippen molar-refractivity contribution in [3.63, 3.8) is 0 Å². The van der Waals surface area contributed by atoms with Crippen LogP contribution in [0, 0.1) is 17.6 Å². The summed E-state index contributed by atoms with van der Waals surface area (Å²) in [6, 6.07) is 3.24. The Labute approximate surface area is 110 Å². The van der Waals surface area contributed by atoms with Crippen LogP contribution >= 0.6 is 0 Å². The minimum absolute atomic E-state index is 0.0510. The van der Waals surface area contributed by atoms with Gasteiger partial charge in [-0.05, 0) is 24.5 Å². The van der Waals surface area contributed by atoms with Gasteiger partial charge in [0.15, 0.2) is 0 Å². The topological polar surface area (TPSA) is 49.3 Å². The standard InChI is InChI=1S/C14H17F2NO2/c15-11-5-4-10(13(16)7-11)6-12(18)8-17-14(19)9-2-1-3-9/h4-5,7,9,12,18H,1-3,6,8H2,(H,17,19). The van der Waals surface area contributed by atoms with E-state index in [0.29, 0.717) is 0 Å². The fraction of sp³-hybridized carbons (Fsp3) is 0.500. The van der Waals surface area contributed by atoms with E-state index in [1.54, 1.807) is 0 Å². The number of hydrogen-bond donors (Lipinski definition) is 2. The van der Waals surface area contributed by atoms with Gasteiger partial charge in [0.25, 0.3) is 0 Å². The van der Waals surface area contributed by atoms with Crippen molar-refractivity contribution in [1.82, 2.24) is 5.32 Å². The average molecular weight is 269 g/mol. The largest absolute Gasteiger partial charge is 0.391 e. The van der Waals surface area contributed by atoms with Crippen LogP contribution in [0.25, 0.3) is 0 Å². The zero-order valence-electron chi connectivity index (χ0n) is 10.5. The quantitative estimate of drug-likeness (QED) is 0.856. The molecular formula is C14H17F2NO2. The molecule has 0 aromatic heterocycles.